The highest BCUT2D eigenvalue weighted by molar-refractivity contribution is 7.87. The number of pyridine rings is 1. The van der Waals surface area contributed by atoms with Crippen molar-refractivity contribution in [3.8, 4) is 0 Å². The fourth-order valence-electron chi connectivity index (χ4n) is 4.47. The first kappa shape index (κ1) is 19.4. The lowest BCUT2D eigenvalue weighted by molar-refractivity contribution is 0.0782. The number of aryl methyl sites for hydroxylation is 2. The molecular weight excluding hydrogens is 400 g/mol. The van der Waals surface area contributed by atoms with Crippen LogP contribution in [0, 0.1) is 0 Å². The summed E-state index contributed by atoms with van der Waals surface area (Å²) in [5, 5.41) is 13.3. The van der Waals surface area contributed by atoms with Crippen LogP contribution in [-0.2, 0) is 42.2 Å². The standard InChI is InChI=1S/C22H24N4O3S/c1-22(2,29)12-9-10-15-18(11-12)30(25-20(15)27)26-21(28)24-19-13-5-3-7-16(13)23-17-8-4-6-14(17)19/h9-11,29H,3-8H2,1-2H3,(H2,23,24,25,26,27,28). The molecule has 1 aromatic carbocycles. The Morgan fingerprint density at radius 3 is 2.47 bits per heavy atom. The van der Waals surface area contributed by atoms with E-state index in [0.717, 1.165) is 66.7 Å². The van der Waals surface area contributed by atoms with Gasteiger partial charge in [0.2, 0.25) is 0 Å². The van der Waals surface area contributed by atoms with Crippen molar-refractivity contribution in [2.24, 2.45) is 4.36 Å². The number of nitrogens with one attached hydrogen (secondary N) is 2. The van der Waals surface area contributed by atoms with Crippen molar-refractivity contribution in [3.05, 3.63) is 51.8 Å². The molecular formula is C22H24N4O3S. The Balaban J connectivity index is 1.49. The van der Waals surface area contributed by atoms with E-state index in [-0.39, 0.29) is 5.91 Å². The number of fused-ring (bicyclic) bond motifs is 3. The van der Waals surface area contributed by atoms with Gasteiger partial charge in [0, 0.05) is 22.3 Å². The van der Waals surface area contributed by atoms with Crippen LogP contribution in [0.2, 0.25) is 0 Å². The molecule has 30 heavy (non-hydrogen) atoms. The van der Waals surface area contributed by atoms with Crippen molar-refractivity contribution in [2.45, 2.75) is 62.9 Å². The first-order valence-corrected chi connectivity index (χ1v) is 11.5. The van der Waals surface area contributed by atoms with E-state index in [2.05, 4.69) is 14.4 Å². The van der Waals surface area contributed by atoms with Crippen LogP contribution in [0.15, 0.2) is 27.5 Å². The molecule has 0 radical (unpaired) electrons. The Morgan fingerprint density at radius 1 is 1.17 bits per heavy atom. The smallest absolute Gasteiger partial charge is 0.353 e. The number of nitrogens with zero attached hydrogens (tertiary/aromatic N) is 2. The SMILES string of the molecule is CC(C)(O)c1ccc2c(c1)S(=NC(=O)Nc1c3c(nc4c1CCC4)CCC3)NC2=O. The van der Waals surface area contributed by atoms with Gasteiger partial charge in [-0.15, -0.1) is 4.36 Å². The van der Waals surface area contributed by atoms with Crippen LogP contribution in [-0.4, -0.2) is 22.0 Å². The predicted octanol–water partition coefficient (Wildman–Crippen LogP) is 3.34. The van der Waals surface area contributed by atoms with Crippen LogP contribution in [0.25, 0.3) is 0 Å². The highest BCUT2D eigenvalue weighted by Crippen LogP contribution is 2.37. The van der Waals surface area contributed by atoms with Gasteiger partial charge in [-0.2, -0.15) is 0 Å². The summed E-state index contributed by atoms with van der Waals surface area (Å²) in [6, 6.07) is 4.71. The Morgan fingerprint density at radius 2 is 1.83 bits per heavy atom. The van der Waals surface area contributed by atoms with Gasteiger partial charge in [0.1, 0.15) is 0 Å². The Bertz CT molecular complexity index is 1100. The maximum Gasteiger partial charge on any atom is 0.353 e. The van der Waals surface area contributed by atoms with Crippen molar-refractivity contribution < 1.29 is 14.7 Å². The lowest BCUT2D eigenvalue weighted by Gasteiger charge is -2.18. The minimum atomic E-state index is -1.09. The third-order valence-corrected chi connectivity index (χ3v) is 7.47. The van der Waals surface area contributed by atoms with Gasteiger partial charge >= 0.3 is 6.03 Å². The first-order chi connectivity index (χ1) is 14.3. The summed E-state index contributed by atoms with van der Waals surface area (Å²) in [6.07, 6.45) is 5.86. The van der Waals surface area contributed by atoms with E-state index in [9.17, 15) is 14.7 Å². The van der Waals surface area contributed by atoms with Crippen molar-refractivity contribution in [2.75, 3.05) is 5.32 Å². The van der Waals surface area contributed by atoms with Crippen LogP contribution < -0.4 is 10.0 Å². The van der Waals surface area contributed by atoms with Crippen LogP contribution in [0.4, 0.5) is 10.5 Å². The molecule has 3 N–H and O–H groups in total. The van der Waals surface area contributed by atoms with E-state index in [0.29, 0.717) is 16.0 Å². The summed E-state index contributed by atoms with van der Waals surface area (Å²) in [4.78, 5) is 30.6. The first-order valence-electron chi connectivity index (χ1n) is 10.3. The number of anilines is 1. The summed E-state index contributed by atoms with van der Waals surface area (Å²) in [7, 11) is -1.09. The number of hydrogen-bond acceptors (Lipinski definition) is 4. The molecule has 0 saturated carbocycles. The summed E-state index contributed by atoms with van der Waals surface area (Å²) in [6.45, 7) is 3.37. The molecule has 5 rings (SSSR count). The number of urea groups is 1. The number of rotatable bonds is 2. The maximum absolute atomic E-state index is 12.9. The van der Waals surface area contributed by atoms with Gasteiger partial charge in [0.25, 0.3) is 5.91 Å². The fourth-order valence-corrected chi connectivity index (χ4v) is 5.83. The highest BCUT2D eigenvalue weighted by atomic mass is 32.2. The molecule has 3 aliphatic rings. The van der Waals surface area contributed by atoms with E-state index in [4.69, 9.17) is 4.98 Å². The van der Waals surface area contributed by atoms with Crippen LogP contribution in [0.3, 0.4) is 0 Å². The van der Waals surface area contributed by atoms with Crippen molar-refractivity contribution >= 4 is 28.5 Å². The van der Waals surface area contributed by atoms with Crippen molar-refractivity contribution in [3.63, 3.8) is 0 Å². The van der Waals surface area contributed by atoms with Gasteiger partial charge in [0.05, 0.1) is 21.7 Å². The van der Waals surface area contributed by atoms with E-state index in [1.54, 1.807) is 32.0 Å². The fraction of sp³-hybridized carbons (Fsp3) is 0.409. The quantitative estimate of drug-likeness (QED) is 0.688. The average Bonchev–Trinajstić information content (AvgIpc) is 3.40. The second-order valence-corrected chi connectivity index (χ2v) is 9.95. The largest absolute Gasteiger partial charge is 0.386 e. The Kier molecular flexibility index (Phi) is 4.52. The number of aliphatic hydroxyl groups is 1. The monoisotopic (exact) mass is 424 g/mol. The molecule has 1 atom stereocenters. The molecule has 7 nitrogen and oxygen atoms in total. The Hall–Kier alpha value is -2.58. The minimum absolute atomic E-state index is 0.252. The van der Waals surface area contributed by atoms with Crippen LogP contribution in [0.5, 0.6) is 0 Å². The van der Waals surface area contributed by atoms with Crippen molar-refractivity contribution in [1.82, 2.24) is 9.71 Å². The van der Waals surface area contributed by atoms with Crippen LogP contribution >= 0.6 is 0 Å². The van der Waals surface area contributed by atoms with Gasteiger partial charge < -0.3 is 10.4 Å². The normalized spacial score (nSPS) is 19.4. The summed E-state index contributed by atoms with van der Waals surface area (Å²) >= 11 is 0. The molecule has 1 aliphatic heterocycles. The van der Waals surface area contributed by atoms with Crippen LogP contribution in [0.1, 0.15) is 65.1 Å². The zero-order chi connectivity index (χ0) is 21.0. The minimum Gasteiger partial charge on any atom is -0.386 e. The lowest BCUT2D eigenvalue weighted by atomic mass is 9.97. The third kappa shape index (κ3) is 3.24. The van der Waals surface area contributed by atoms with E-state index in [1.807, 2.05) is 0 Å². The van der Waals surface area contributed by atoms with Crippen molar-refractivity contribution in [1.29, 1.82) is 0 Å². The average molecular weight is 425 g/mol. The number of amides is 3. The van der Waals surface area contributed by atoms with E-state index >= 15 is 0 Å². The zero-order valence-electron chi connectivity index (χ0n) is 17.0. The molecule has 2 aromatic rings. The van der Waals surface area contributed by atoms with Gasteiger partial charge in [0.15, 0.2) is 0 Å². The predicted molar refractivity (Wildman–Crippen MR) is 115 cm³/mol. The maximum atomic E-state index is 12.9. The Labute approximate surface area is 177 Å². The van der Waals surface area contributed by atoms with E-state index in [1.165, 1.54) is 0 Å². The molecule has 0 saturated heterocycles. The number of benzene rings is 1. The summed E-state index contributed by atoms with van der Waals surface area (Å²) in [5.74, 6) is -0.252. The highest BCUT2D eigenvalue weighted by Gasteiger charge is 2.29. The molecule has 2 heterocycles. The molecule has 156 valence electrons. The van der Waals surface area contributed by atoms with Gasteiger partial charge in [-0.05, 0) is 81.2 Å². The number of aromatic nitrogens is 1. The summed E-state index contributed by atoms with van der Waals surface area (Å²) < 4.78 is 7.07. The zero-order valence-corrected chi connectivity index (χ0v) is 17.9. The molecule has 1 unspecified atom stereocenters. The molecule has 0 bridgehead atoms. The van der Waals surface area contributed by atoms with Gasteiger partial charge in [-0.3, -0.25) is 14.5 Å². The second kappa shape index (κ2) is 6.99. The molecule has 2 aliphatic carbocycles. The van der Waals surface area contributed by atoms with Gasteiger partial charge in [-0.1, -0.05) is 6.07 Å². The second-order valence-electron chi connectivity index (χ2n) is 8.55. The summed E-state index contributed by atoms with van der Waals surface area (Å²) in [5.41, 5.74) is 5.49. The number of carbonyl (C=O) groups is 2. The molecule has 1 aromatic heterocycles. The molecule has 3 amide bonds. The number of hydrogen-bond donors (Lipinski definition) is 3. The van der Waals surface area contributed by atoms with Gasteiger partial charge in [-0.25, -0.2) is 4.79 Å². The topological polar surface area (TPSA) is 104 Å². The van der Waals surface area contributed by atoms with E-state index < -0.39 is 22.5 Å². The third-order valence-electron chi connectivity index (χ3n) is 5.99. The molecule has 0 fully saturated rings. The molecule has 0 spiro atoms. The lowest BCUT2D eigenvalue weighted by Crippen LogP contribution is -2.19. The molecule has 8 heteroatoms. The number of carbonyl (C=O) groups excluding carboxylic acids is 2.